The van der Waals surface area contributed by atoms with Gasteiger partial charge in [-0.05, 0) is 29.7 Å². The Kier molecular flexibility index (Phi) is 6.29. The number of amides is 4. The number of nitrogens with one attached hydrogen (secondary N) is 2. The molecule has 2 aromatic rings. The molecule has 2 aliphatic rings. The lowest BCUT2D eigenvalue weighted by Crippen LogP contribution is -2.52. The summed E-state index contributed by atoms with van der Waals surface area (Å²) in [4.78, 5) is 60.7. The molecule has 0 aromatic heterocycles. The van der Waals surface area contributed by atoms with Crippen LogP contribution >= 0.6 is 0 Å². The maximum atomic E-state index is 13.8. The quantitative estimate of drug-likeness (QED) is 0.443. The molecule has 1 saturated heterocycles. The van der Waals surface area contributed by atoms with Crippen LogP contribution in [0.1, 0.15) is 50.2 Å². The average Bonchev–Trinajstić information content (AvgIpc) is 3.12. The lowest BCUT2D eigenvalue weighted by Gasteiger charge is -2.29. The number of benzene rings is 2. The number of hydrogen-bond acceptors (Lipinski definition) is 5. The van der Waals surface area contributed by atoms with Gasteiger partial charge in [0, 0.05) is 37.1 Å². The number of aromatic carboxylic acids is 1. The van der Waals surface area contributed by atoms with Crippen molar-refractivity contribution in [3.63, 3.8) is 0 Å². The van der Waals surface area contributed by atoms with E-state index in [1.807, 2.05) is 0 Å². The van der Waals surface area contributed by atoms with Gasteiger partial charge in [-0.15, -0.1) is 0 Å². The van der Waals surface area contributed by atoms with Gasteiger partial charge in [0.05, 0.1) is 11.1 Å². The number of rotatable bonds is 4. The van der Waals surface area contributed by atoms with Crippen LogP contribution in [-0.4, -0.2) is 45.6 Å². The van der Waals surface area contributed by atoms with Crippen LogP contribution in [0, 0.1) is 23.5 Å². The van der Waals surface area contributed by atoms with Gasteiger partial charge in [-0.3, -0.25) is 24.5 Å². The van der Waals surface area contributed by atoms with E-state index in [9.17, 15) is 32.8 Å². The molecule has 2 aromatic carbocycles. The second-order valence-electron chi connectivity index (χ2n) is 7.94. The van der Waals surface area contributed by atoms with Gasteiger partial charge < -0.3 is 15.3 Å². The Hall–Kier alpha value is -4.59. The number of halogens is 2. The van der Waals surface area contributed by atoms with Crippen molar-refractivity contribution >= 4 is 29.6 Å². The first kappa shape index (κ1) is 23.6. The monoisotopic (exact) mass is 481 g/mol. The van der Waals surface area contributed by atoms with E-state index in [1.54, 1.807) is 18.2 Å². The van der Waals surface area contributed by atoms with E-state index in [4.69, 9.17) is 5.11 Å². The number of carboxylic acids is 1. The van der Waals surface area contributed by atoms with E-state index in [-0.39, 0.29) is 37.7 Å². The normalized spacial score (nSPS) is 16.8. The molecule has 4 rings (SSSR count). The first-order valence-corrected chi connectivity index (χ1v) is 10.4. The molecule has 0 spiro atoms. The number of imide groups is 1. The molecular weight excluding hydrogens is 464 g/mol. The number of carbonyl (C=O) groups is 5. The molecule has 1 unspecified atom stereocenters. The molecule has 0 saturated carbocycles. The lowest BCUT2D eigenvalue weighted by molar-refractivity contribution is -0.137. The summed E-state index contributed by atoms with van der Waals surface area (Å²) in [5.74, 6) is -1.63. The molecule has 11 heteroatoms. The second kappa shape index (κ2) is 9.34. The Balaban J connectivity index is 1.41. The number of nitrogens with zero attached hydrogens (tertiary/aromatic N) is 1. The summed E-state index contributed by atoms with van der Waals surface area (Å²) in [6.07, 6.45) is 0.392. The molecule has 4 amide bonds. The van der Waals surface area contributed by atoms with Crippen LogP contribution in [0.25, 0.3) is 0 Å². The van der Waals surface area contributed by atoms with Crippen molar-refractivity contribution in [3.05, 3.63) is 69.8 Å². The predicted octanol–water partition coefficient (Wildman–Crippen LogP) is 1.09. The van der Waals surface area contributed by atoms with E-state index in [0.29, 0.717) is 28.8 Å². The maximum absolute atomic E-state index is 13.8. The van der Waals surface area contributed by atoms with Crippen LogP contribution in [0.15, 0.2) is 30.3 Å². The number of piperidine rings is 1. The summed E-state index contributed by atoms with van der Waals surface area (Å²) in [6, 6.07) is 5.26. The van der Waals surface area contributed by atoms with Crippen molar-refractivity contribution in [1.82, 2.24) is 15.5 Å². The molecule has 9 nitrogen and oxygen atoms in total. The van der Waals surface area contributed by atoms with Crippen molar-refractivity contribution in [2.75, 3.05) is 0 Å². The van der Waals surface area contributed by atoms with Gasteiger partial charge in [0.25, 0.3) is 11.8 Å². The van der Waals surface area contributed by atoms with Crippen molar-refractivity contribution < 1.29 is 37.9 Å². The minimum atomic E-state index is -1.60. The Labute approximate surface area is 197 Å². The van der Waals surface area contributed by atoms with Gasteiger partial charge in [-0.1, -0.05) is 18.1 Å². The second-order valence-corrected chi connectivity index (χ2v) is 7.94. The third-order valence-electron chi connectivity index (χ3n) is 5.64. The first-order chi connectivity index (χ1) is 16.6. The third-order valence-corrected chi connectivity index (χ3v) is 5.64. The highest BCUT2D eigenvalue weighted by Crippen LogP contribution is 2.28. The molecule has 0 aliphatic carbocycles. The largest absolute Gasteiger partial charge is 0.478 e. The van der Waals surface area contributed by atoms with Gasteiger partial charge in [-0.25, -0.2) is 13.6 Å². The third kappa shape index (κ3) is 4.86. The van der Waals surface area contributed by atoms with Crippen LogP contribution in [0.2, 0.25) is 0 Å². The molecule has 178 valence electrons. The van der Waals surface area contributed by atoms with Crippen molar-refractivity contribution in [3.8, 4) is 11.8 Å². The Bertz CT molecular complexity index is 1360. The Morgan fingerprint density at radius 3 is 2.63 bits per heavy atom. The smallest absolute Gasteiger partial charge is 0.338 e. The number of carboxylic acid groups (broad SMARTS) is 1. The topological polar surface area (TPSA) is 133 Å². The zero-order valence-electron chi connectivity index (χ0n) is 18.0. The summed E-state index contributed by atoms with van der Waals surface area (Å²) in [5, 5.41) is 13.7. The van der Waals surface area contributed by atoms with Gasteiger partial charge in [0.2, 0.25) is 11.8 Å². The standard InChI is InChI=1S/C24H17F2N3O6/c25-17-9-18(26)16(24(34)35)8-13(17)2-5-20(30)27-10-12-1-3-15-14(7-12)11-29(23(15)33)19-4-6-21(31)28-22(19)32/h1,3,7-9,19H,4,6,10-11H2,(H,27,30)(H,34,35)(H,28,31,32). The van der Waals surface area contributed by atoms with Crippen LogP contribution in [0.4, 0.5) is 8.78 Å². The van der Waals surface area contributed by atoms with Crippen molar-refractivity contribution in [1.29, 1.82) is 0 Å². The SMILES string of the molecule is O=C(C#Cc1cc(C(=O)O)c(F)cc1F)NCc1ccc2c(c1)CN(C1CCC(=O)NC1=O)C2=O. The average molecular weight is 481 g/mol. The van der Waals surface area contributed by atoms with E-state index in [2.05, 4.69) is 22.5 Å². The van der Waals surface area contributed by atoms with Gasteiger partial charge >= 0.3 is 5.97 Å². The van der Waals surface area contributed by atoms with E-state index in [0.717, 1.165) is 0 Å². The van der Waals surface area contributed by atoms with Gasteiger partial charge in [0.15, 0.2) is 0 Å². The molecule has 0 bridgehead atoms. The molecule has 3 N–H and O–H groups in total. The van der Waals surface area contributed by atoms with Gasteiger partial charge in [0.1, 0.15) is 17.7 Å². The summed E-state index contributed by atoms with van der Waals surface area (Å²) in [6.45, 7) is 0.206. The number of carbonyl (C=O) groups excluding carboxylic acids is 4. The van der Waals surface area contributed by atoms with Crippen molar-refractivity contribution in [2.24, 2.45) is 0 Å². The summed E-state index contributed by atoms with van der Waals surface area (Å²) in [7, 11) is 0. The van der Waals surface area contributed by atoms with Crippen molar-refractivity contribution in [2.45, 2.75) is 32.0 Å². The Morgan fingerprint density at radius 1 is 1.14 bits per heavy atom. The fraction of sp³-hybridized carbons (Fsp3) is 0.208. The number of fused-ring (bicyclic) bond motifs is 1. The fourth-order valence-corrected chi connectivity index (χ4v) is 3.90. The maximum Gasteiger partial charge on any atom is 0.338 e. The van der Waals surface area contributed by atoms with E-state index in [1.165, 1.54) is 4.90 Å². The predicted molar refractivity (Wildman–Crippen MR) is 115 cm³/mol. The summed E-state index contributed by atoms with van der Waals surface area (Å²) in [5.41, 5.74) is 0.509. The molecule has 35 heavy (non-hydrogen) atoms. The van der Waals surface area contributed by atoms with Crippen LogP contribution < -0.4 is 10.6 Å². The summed E-state index contributed by atoms with van der Waals surface area (Å²) >= 11 is 0. The minimum absolute atomic E-state index is 0.0275. The highest BCUT2D eigenvalue weighted by Gasteiger charge is 2.39. The van der Waals surface area contributed by atoms with E-state index < -0.39 is 46.6 Å². The molecule has 2 aliphatic heterocycles. The van der Waals surface area contributed by atoms with Crippen LogP contribution in [0.5, 0.6) is 0 Å². The zero-order valence-corrected chi connectivity index (χ0v) is 18.0. The zero-order chi connectivity index (χ0) is 25.3. The van der Waals surface area contributed by atoms with Crippen LogP contribution in [-0.2, 0) is 27.5 Å². The lowest BCUT2D eigenvalue weighted by atomic mass is 10.0. The molecule has 2 heterocycles. The highest BCUT2D eigenvalue weighted by atomic mass is 19.1. The molecular formula is C24H17F2N3O6. The Morgan fingerprint density at radius 2 is 1.91 bits per heavy atom. The molecule has 1 atom stereocenters. The minimum Gasteiger partial charge on any atom is -0.478 e. The molecule has 1 fully saturated rings. The van der Waals surface area contributed by atoms with E-state index >= 15 is 0 Å². The fourth-order valence-electron chi connectivity index (χ4n) is 3.90. The number of hydrogen-bond donors (Lipinski definition) is 3. The highest BCUT2D eigenvalue weighted by molar-refractivity contribution is 6.05. The molecule has 0 radical (unpaired) electrons. The first-order valence-electron chi connectivity index (χ1n) is 10.4. The van der Waals surface area contributed by atoms with Crippen LogP contribution in [0.3, 0.4) is 0 Å². The van der Waals surface area contributed by atoms with Gasteiger partial charge in [-0.2, -0.15) is 0 Å². The summed E-state index contributed by atoms with van der Waals surface area (Å²) < 4.78 is 27.3.